The quantitative estimate of drug-likeness (QED) is 0.328. The molecule has 0 saturated carbocycles. The average molecular weight is 372 g/mol. The summed E-state index contributed by atoms with van der Waals surface area (Å²) in [6.07, 6.45) is 1.47. The molecule has 0 unspecified atom stereocenters. The average Bonchev–Trinajstić information content (AvgIpc) is 2.40. The normalized spacial score (nSPS) is 10.3. The molecule has 0 aliphatic rings. The Balaban J connectivity index is 0.000000612. The molecule has 0 amide bonds. The molecule has 0 aliphatic heterocycles. The van der Waals surface area contributed by atoms with Gasteiger partial charge in [-0.25, -0.2) is 0 Å². The van der Waals surface area contributed by atoms with E-state index in [2.05, 4.69) is 22.7 Å². The first-order valence-corrected chi connectivity index (χ1v) is 8.68. The summed E-state index contributed by atoms with van der Waals surface area (Å²) in [5.74, 6) is 0.164. The van der Waals surface area contributed by atoms with Crippen LogP contribution in [0.25, 0.3) is 10.8 Å². The first kappa shape index (κ1) is 17.0. The van der Waals surface area contributed by atoms with Crippen molar-refractivity contribution in [3.63, 3.8) is 0 Å². The Labute approximate surface area is 136 Å². The summed E-state index contributed by atoms with van der Waals surface area (Å²) in [6.45, 7) is 0. The van der Waals surface area contributed by atoms with Crippen molar-refractivity contribution in [2.75, 3.05) is 0 Å². The second kappa shape index (κ2) is 9.00. The van der Waals surface area contributed by atoms with Gasteiger partial charge in [0.05, 0.1) is 6.21 Å². The number of nitrogens with two attached hydrogens (primary N) is 1. The number of phenolic OH excluding ortho intramolecular Hbond substituents is 1. The maximum atomic E-state index is 9.79. The fourth-order valence-electron chi connectivity index (χ4n) is 1.51. The Morgan fingerprint density at radius 3 is 2.40 bits per heavy atom. The molecule has 0 spiro atoms. The van der Waals surface area contributed by atoms with Gasteiger partial charge in [-0.15, -0.1) is 0 Å². The van der Waals surface area contributed by atoms with Crippen molar-refractivity contribution >= 4 is 54.5 Å². The number of halogens is 2. The molecule has 0 aliphatic carbocycles. The molecule has 0 fully saturated rings. The summed E-state index contributed by atoms with van der Waals surface area (Å²) < 4.78 is 0. The van der Waals surface area contributed by atoms with E-state index in [-0.39, 0.29) is 24.0 Å². The molecule has 0 heterocycles. The van der Waals surface area contributed by atoms with Crippen LogP contribution in [0.3, 0.4) is 0 Å². The van der Waals surface area contributed by atoms with Crippen molar-refractivity contribution in [3.05, 3.63) is 42.0 Å². The molecular weight excluding hydrogens is 361 g/mol. The van der Waals surface area contributed by atoms with Gasteiger partial charge in [-0.1, -0.05) is 24.3 Å². The molecule has 0 saturated heterocycles. The molecule has 8 heteroatoms. The van der Waals surface area contributed by atoms with E-state index < -0.39 is 0 Å². The van der Waals surface area contributed by atoms with Crippen molar-refractivity contribution < 1.29 is 18.2 Å². The monoisotopic (exact) mass is 371 g/mol. The summed E-state index contributed by atoms with van der Waals surface area (Å²) >= 11 is 4.81. The van der Waals surface area contributed by atoms with E-state index >= 15 is 0 Å². The van der Waals surface area contributed by atoms with Gasteiger partial charge in [-0.05, 0) is 35.1 Å². The minimum atomic E-state index is 0.0847. The van der Waals surface area contributed by atoms with Gasteiger partial charge < -0.3 is 10.8 Å². The van der Waals surface area contributed by atoms with Gasteiger partial charge >= 0.3 is 33.3 Å². The second-order valence-electron chi connectivity index (χ2n) is 3.54. The molecule has 2 aromatic rings. The number of rotatable bonds is 2. The number of fused-ring (bicyclic) bond motifs is 1. The van der Waals surface area contributed by atoms with Crippen LogP contribution in [-0.2, 0) is 13.1 Å². The van der Waals surface area contributed by atoms with E-state index in [0.717, 1.165) is 10.8 Å². The SMILES string of the molecule is NC(=S)N/N=C/c1cc2ccccc2cc1O.[Cl][Fe][Cl]. The van der Waals surface area contributed by atoms with E-state index in [4.69, 9.17) is 25.9 Å². The van der Waals surface area contributed by atoms with Gasteiger partial charge in [-0.3, -0.25) is 5.43 Å². The van der Waals surface area contributed by atoms with Gasteiger partial charge in [0.1, 0.15) is 5.75 Å². The first-order chi connectivity index (χ1) is 9.58. The van der Waals surface area contributed by atoms with Crippen LogP contribution in [0.1, 0.15) is 5.56 Å². The molecule has 108 valence electrons. The number of nitrogens with one attached hydrogen (secondary N) is 1. The van der Waals surface area contributed by atoms with E-state index in [1.54, 1.807) is 6.07 Å². The summed E-state index contributed by atoms with van der Waals surface area (Å²) in [5.41, 5.74) is 8.27. The predicted octanol–water partition coefficient (Wildman–Crippen LogP) is 3.09. The van der Waals surface area contributed by atoms with Gasteiger partial charge in [0.25, 0.3) is 0 Å². The van der Waals surface area contributed by atoms with Crippen LogP contribution in [0, 0.1) is 0 Å². The van der Waals surface area contributed by atoms with Crippen molar-refractivity contribution in [1.29, 1.82) is 0 Å². The van der Waals surface area contributed by atoms with Gasteiger partial charge in [0.2, 0.25) is 0 Å². The molecule has 0 atom stereocenters. The van der Waals surface area contributed by atoms with Crippen molar-refractivity contribution in [2.24, 2.45) is 10.8 Å². The van der Waals surface area contributed by atoms with Crippen LogP contribution in [0.15, 0.2) is 41.5 Å². The zero-order valence-electron chi connectivity index (χ0n) is 10.0. The third kappa shape index (κ3) is 5.53. The second-order valence-corrected chi connectivity index (χ2v) is 5.81. The fraction of sp³-hybridized carbons (Fsp3) is 0. The molecule has 0 bridgehead atoms. The van der Waals surface area contributed by atoms with Crippen molar-refractivity contribution in [1.82, 2.24) is 5.43 Å². The number of hydrogen-bond donors (Lipinski definition) is 3. The van der Waals surface area contributed by atoms with Crippen molar-refractivity contribution in [2.45, 2.75) is 0 Å². The zero-order valence-corrected chi connectivity index (χ0v) is 13.5. The molecule has 4 N–H and O–H groups in total. The van der Waals surface area contributed by atoms with E-state index in [0.29, 0.717) is 5.56 Å². The Bertz CT molecular complexity index is 625. The van der Waals surface area contributed by atoms with E-state index in [1.165, 1.54) is 6.21 Å². The summed E-state index contributed by atoms with van der Waals surface area (Å²) in [6, 6.07) is 11.3. The molecule has 20 heavy (non-hydrogen) atoms. The van der Waals surface area contributed by atoms with E-state index in [1.807, 2.05) is 30.3 Å². The number of thiocarbonyl (C=S) groups is 1. The van der Waals surface area contributed by atoms with Crippen LogP contribution in [-0.4, -0.2) is 16.4 Å². The van der Waals surface area contributed by atoms with Crippen LogP contribution >= 0.6 is 32.4 Å². The molecule has 2 aromatic carbocycles. The standard InChI is InChI=1S/C12H11N3OS.2ClH.Fe/c13-12(17)15-14-7-10-5-8-3-1-2-4-9(8)6-11(10)16;;;/h1-7,16H,(H3,13,15,17);2*1H;/q;;;+2/p-2/b14-7+;;;. The number of hydrogen-bond acceptors (Lipinski definition) is 3. The molecule has 0 radical (unpaired) electrons. The van der Waals surface area contributed by atoms with Gasteiger partial charge in [-0.2, -0.15) is 5.10 Å². The Morgan fingerprint density at radius 1 is 1.30 bits per heavy atom. The Kier molecular flexibility index (Phi) is 7.65. The number of benzene rings is 2. The number of aromatic hydroxyl groups is 1. The predicted molar refractivity (Wildman–Crippen MR) is 84.8 cm³/mol. The van der Waals surface area contributed by atoms with Crippen LogP contribution in [0.4, 0.5) is 0 Å². The minimum absolute atomic E-state index is 0.0847. The fourth-order valence-corrected chi connectivity index (χ4v) is 1.57. The summed E-state index contributed by atoms with van der Waals surface area (Å²) in [5, 5.41) is 15.7. The Hall–Kier alpha value is -1.04. The number of phenols is 1. The Morgan fingerprint density at radius 2 is 1.85 bits per heavy atom. The molecule has 4 nitrogen and oxygen atoms in total. The number of hydrazone groups is 1. The molecule has 0 aromatic heterocycles. The maximum absolute atomic E-state index is 9.79. The summed E-state index contributed by atoms with van der Waals surface area (Å²) in [4.78, 5) is 0. The van der Waals surface area contributed by atoms with Crippen LogP contribution < -0.4 is 11.2 Å². The zero-order chi connectivity index (χ0) is 15.0. The third-order valence-corrected chi connectivity index (χ3v) is 2.36. The third-order valence-electron chi connectivity index (χ3n) is 2.27. The van der Waals surface area contributed by atoms with Gasteiger partial charge in [0, 0.05) is 5.56 Å². The number of nitrogens with zero attached hydrogens (tertiary/aromatic N) is 1. The van der Waals surface area contributed by atoms with Crippen molar-refractivity contribution in [3.8, 4) is 5.75 Å². The molecular formula is C12H11Cl2FeN3OS. The van der Waals surface area contributed by atoms with Crippen LogP contribution in [0.5, 0.6) is 5.75 Å². The van der Waals surface area contributed by atoms with Crippen LogP contribution in [0.2, 0.25) is 0 Å². The topological polar surface area (TPSA) is 70.6 Å². The first-order valence-electron chi connectivity index (χ1n) is 5.24. The summed E-state index contributed by atoms with van der Waals surface area (Å²) in [7, 11) is 9.53. The molecule has 2 rings (SSSR count). The van der Waals surface area contributed by atoms with Gasteiger partial charge in [0.15, 0.2) is 5.11 Å². The van der Waals surface area contributed by atoms with E-state index in [9.17, 15) is 5.11 Å².